The quantitative estimate of drug-likeness (QED) is 0.805. The van der Waals surface area contributed by atoms with Gasteiger partial charge in [0.2, 0.25) is 0 Å². The number of rotatable bonds is 5. The average molecular weight is 245 g/mol. The maximum absolute atomic E-state index is 12.6. The summed E-state index contributed by atoms with van der Waals surface area (Å²) >= 11 is 0. The molecular formula is C12H14F3NO. The third-order valence-corrected chi connectivity index (χ3v) is 2.56. The summed E-state index contributed by atoms with van der Waals surface area (Å²) in [6.45, 7) is 0.834. The Kier molecular flexibility index (Phi) is 3.57. The maximum Gasteiger partial charge on any atom is 0.419 e. The van der Waals surface area contributed by atoms with E-state index >= 15 is 0 Å². The number of hydrogen-bond acceptors (Lipinski definition) is 2. The van der Waals surface area contributed by atoms with Crippen molar-refractivity contribution in [3.05, 3.63) is 29.8 Å². The molecule has 0 radical (unpaired) electrons. The molecule has 0 saturated heterocycles. The van der Waals surface area contributed by atoms with E-state index in [9.17, 15) is 13.2 Å². The van der Waals surface area contributed by atoms with Gasteiger partial charge >= 0.3 is 6.18 Å². The molecule has 1 aliphatic rings. The van der Waals surface area contributed by atoms with Crippen LogP contribution in [0, 0.1) is 0 Å². The Bertz CT molecular complexity index is 374. The molecular weight excluding hydrogens is 231 g/mol. The SMILES string of the molecule is FC(F)(F)c1ccccc1OCCNC1CC1. The molecule has 0 aliphatic heterocycles. The molecule has 0 unspecified atom stereocenters. The van der Waals surface area contributed by atoms with Gasteiger partial charge in [0.05, 0.1) is 5.56 Å². The van der Waals surface area contributed by atoms with Gasteiger partial charge in [-0.25, -0.2) is 0 Å². The van der Waals surface area contributed by atoms with E-state index in [1.165, 1.54) is 12.1 Å². The van der Waals surface area contributed by atoms with Crippen LogP contribution in [0.15, 0.2) is 24.3 Å². The molecule has 1 saturated carbocycles. The molecule has 0 atom stereocenters. The average Bonchev–Trinajstić information content (AvgIpc) is 3.07. The van der Waals surface area contributed by atoms with Gasteiger partial charge in [0.25, 0.3) is 0 Å². The third kappa shape index (κ3) is 3.63. The summed E-state index contributed by atoms with van der Waals surface area (Å²) in [7, 11) is 0. The molecule has 1 aromatic carbocycles. The molecule has 1 fully saturated rings. The lowest BCUT2D eigenvalue weighted by molar-refractivity contribution is -0.138. The number of nitrogens with one attached hydrogen (secondary N) is 1. The fourth-order valence-corrected chi connectivity index (χ4v) is 1.54. The van der Waals surface area contributed by atoms with Gasteiger partial charge < -0.3 is 10.1 Å². The lowest BCUT2D eigenvalue weighted by Gasteiger charge is -2.13. The van der Waals surface area contributed by atoms with Crippen LogP contribution in [0.5, 0.6) is 5.75 Å². The number of hydrogen-bond donors (Lipinski definition) is 1. The lowest BCUT2D eigenvalue weighted by atomic mass is 10.2. The number of alkyl halides is 3. The molecule has 1 aromatic rings. The van der Waals surface area contributed by atoms with Gasteiger partial charge in [-0.3, -0.25) is 0 Å². The molecule has 2 nitrogen and oxygen atoms in total. The summed E-state index contributed by atoms with van der Waals surface area (Å²) in [4.78, 5) is 0. The normalized spacial score (nSPS) is 15.9. The van der Waals surface area contributed by atoms with E-state index in [0.29, 0.717) is 12.6 Å². The molecule has 0 amide bonds. The van der Waals surface area contributed by atoms with Gasteiger partial charge in [0.1, 0.15) is 12.4 Å². The predicted molar refractivity (Wildman–Crippen MR) is 58.0 cm³/mol. The van der Waals surface area contributed by atoms with Gasteiger partial charge in [0.15, 0.2) is 0 Å². The molecule has 0 bridgehead atoms. The standard InChI is InChI=1S/C12H14F3NO/c13-12(14,15)10-3-1-2-4-11(10)17-8-7-16-9-5-6-9/h1-4,9,16H,5-8H2. The molecule has 17 heavy (non-hydrogen) atoms. The summed E-state index contributed by atoms with van der Waals surface area (Å²) in [6.07, 6.45) is -2.06. The van der Waals surface area contributed by atoms with Crippen LogP contribution in [0.4, 0.5) is 13.2 Å². The van der Waals surface area contributed by atoms with Crippen molar-refractivity contribution in [1.82, 2.24) is 5.32 Å². The van der Waals surface area contributed by atoms with Crippen molar-refractivity contribution in [2.75, 3.05) is 13.2 Å². The minimum absolute atomic E-state index is 0.0994. The maximum atomic E-state index is 12.6. The van der Waals surface area contributed by atoms with E-state index in [0.717, 1.165) is 18.9 Å². The molecule has 0 aromatic heterocycles. The summed E-state index contributed by atoms with van der Waals surface area (Å²) in [5.74, 6) is -0.0994. The van der Waals surface area contributed by atoms with Gasteiger partial charge in [-0.05, 0) is 25.0 Å². The highest BCUT2D eigenvalue weighted by Gasteiger charge is 2.33. The first-order valence-electron chi connectivity index (χ1n) is 5.60. The van der Waals surface area contributed by atoms with Crippen molar-refractivity contribution in [3.8, 4) is 5.75 Å². The van der Waals surface area contributed by atoms with Crippen LogP contribution in [0.3, 0.4) is 0 Å². The van der Waals surface area contributed by atoms with Crippen LogP contribution in [0.2, 0.25) is 0 Å². The van der Waals surface area contributed by atoms with Crippen molar-refractivity contribution in [3.63, 3.8) is 0 Å². The smallest absolute Gasteiger partial charge is 0.419 e. The molecule has 0 spiro atoms. The molecule has 1 N–H and O–H groups in total. The van der Waals surface area contributed by atoms with Crippen LogP contribution in [0.1, 0.15) is 18.4 Å². The fourth-order valence-electron chi connectivity index (χ4n) is 1.54. The van der Waals surface area contributed by atoms with Crippen LogP contribution in [-0.2, 0) is 6.18 Å². The molecule has 94 valence electrons. The number of benzene rings is 1. The summed E-state index contributed by atoms with van der Waals surface area (Å²) < 4.78 is 43.0. The topological polar surface area (TPSA) is 21.3 Å². The Morgan fingerprint density at radius 1 is 1.24 bits per heavy atom. The van der Waals surface area contributed by atoms with Crippen LogP contribution in [-0.4, -0.2) is 19.2 Å². The highest BCUT2D eigenvalue weighted by atomic mass is 19.4. The van der Waals surface area contributed by atoms with E-state index in [1.807, 2.05) is 0 Å². The summed E-state index contributed by atoms with van der Waals surface area (Å²) in [6, 6.07) is 5.82. The Hall–Kier alpha value is -1.23. The molecule has 2 rings (SSSR count). The third-order valence-electron chi connectivity index (χ3n) is 2.56. The zero-order valence-electron chi connectivity index (χ0n) is 9.26. The fraction of sp³-hybridized carbons (Fsp3) is 0.500. The minimum Gasteiger partial charge on any atom is -0.492 e. The van der Waals surface area contributed by atoms with Crippen LogP contribution in [0.25, 0.3) is 0 Å². The Morgan fingerprint density at radius 3 is 2.59 bits per heavy atom. The predicted octanol–water partition coefficient (Wildman–Crippen LogP) is 2.84. The van der Waals surface area contributed by atoms with E-state index in [4.69, 9.17) is 4.74 Å². The van der Waals surface area contributed by atoms with E-state index < -0.39 is 11.7 Å². The summed E-state index contributed by atoms with van der Waals surface area (Å²) in [5, 5.41) is 3.18. The van der Waals surface area contributed by atoms with Crippen molar-refractivity contribution in [2.45, 2.75) is 25.1 Å². The van der Waals surface area contributed by atoms with Crippen molar-refractivity contribution < 1.29 is 17.9 Å². The Labute approximate surface area is 97.8 Å². The summed E-state index contributed by atoms with van der Waals surface area (Å²) in [5.41, 5.74) is -0.716. The van der Waals surface area contributed by atoms with E-state index in [2.05, 4.69) is 5.32 Å². The van der Waals surface area contributed by atoms with Gasteiger partial charge in [-0.2, -0.15) is 13.2 Å². The van der Waals surface area contributed by atoms with Gasteiger partial charge in [-0.1, -0.05) is 12.1 Å². The van der Waals surface area contributed by atoms with Crippen molar-refractivity contribution in [2.24, 2.45) is 0 Å². The van der Waals surface area contributed by atoms with Crippen LogP contribution >= 0.6 is 0 Å². The molecule has 0 heterocycles. The lowest BCUT2D eigenvalue weighted by Crippen LogP contribution is -2.23. The van der Waals surface area contributed by atoms with Crippen molar-refractivity contribution >= 4 is 0 Å². The first kappa shape index (κ1) is 12.2. The Balaban J connectivity index is 1.89. The molecule has 5 heteroatoms. The van der Waals surface area contributed by atoms with Gasteiger partial charge in [-0.15, -0.1) is 0 Å². The second-order valence-corrected chi connectivity index (χ2v) is 4.07. The van der Waals surface area contributed by atoms with Crippen molar-refractivity contribution in [1.29, 1.82) is 0 Å². The zero-order valence-corrected chi connectivity index (χ0v) is 9.26. The first-order valence-corrected chi connectivity index (χ1v) is 5.60. The minimum atomic E-state index is -4.36. The zero-order chi connectivity index (χ0) is 12.3. The van der Waals surface area contributed by atoms with Crippen LogP contribution < -0.4 is 10.1 Å². The monoisotopic (exact) mass is 245 g/mol. The van der Waals surface area contributed by atoms with Gasteiger partial charge in [0, 0.05) is 12.6 Å². The largest absolute Gasteiger partial charge is 0.492 e. The highest BCUT2D eigenvalue weighted by Crippen LogP contribution is 2.35. The number of ether oxygens (including phenoxy) is 1. The Morgan fingerprint density at radius 2 is 1.94 bits per heavy atom. The highest BCUT2D eigenvalue weighted by molar-refractivity contribution is 5.35. The second kappa shape index (κ2) is 4.96. The second-order valence-electron chi connectivity index (χ2n) is 4.07. The molecule has 1 aliphatic carbocycles. The van der Waals surface area contributed by atoms with E-state index in [1.54, 1.807) is 6.07 Å². The number of para-hydroxylation sites is 1. The van der Waals surface area contributed by atoms with E-state index in [-0.39, 0.29) is 12.4 Å². The number of halogens is 3. The first-order chi connectivity index (χ1) is 8.07.